The van der Waals surface area contributed by atoms with E-state index in [1.165, 1.54) is 11.9 Å². The second kappa shape index (κ2) is 5.83. The quantitative estimate of drug-likeness (QED) is 0.616. The fraction of sp³-hybridized carbons (Fsp3) is 0.250. The van der Waals surface area contributed by atoms with E-state index in [1.54, 1.807) is 23.1 Å². The molecule has 108 valence electrons. The monoisotopic (exact) mass is 283 g/mol. The third kappa shape index (κ3) is 2.81. The molecular formula is C16H17N3O2. The summed E-state index contributed by atoms with van der Waals surface area (Å²) in [5.41, 5.74) is 1.36. The van der Waals surface area contributed by atoms with E-state index in [0.29, 0.717) is 17.8 Å². The Morgan fingerprint density at radius 1 is 0.952 bits per heavy atom. The van der Waals surface area contributed by atoms with Gasteiger partial charge in [0.2, 0.25) is 0 Å². The van der Waals surface area contributed by atoms with E-state index in [0.717, 1.165) is 13.1 Å². The molecule has 0 aliphatic carbocycles. The van der Waals surface area contributed by atoms with E-state index >= 15 is 0 Å². The molecule has 1 fully saturated rings. The van der Waals surface area contributed by atoms with Gasteiger partial charge < -0.3 is 15.0 Å². The van der Waals surface area contributed by atoms with Crippen LogP contribution in [-0.4, -0.2) is 37.0 Å². The number of carbonyl (C=O) groups excluding carboxylic acids is 1. The normalized spacial score (nSPS) is 15.0. The number of amides is 1. The van der Waals surface area contributed by atoms with Gasteiger partial charge in [0.05, 0.1) is 0 Å². The largest absolute Gasteiger partial charge is 0.618 e. The van der Waals surface area contributed by atoms with Crippen LogP contribution in [-0.2, 0) is 0 Å². The van der Waals surface area contributed by atoms with Crippen LogP contribution in [0.1, 0.15) is 10.5 Å². The van der Waals surface area contributed by atoms with Crippen molar-refractivity contribution in [3.63, 3.8) is 0 Å². The van der Waals surface area contributed by atoms with Crippen molar-refractivity contribution >= 4 is 11.6 Å². The van der Waals surface area contributed by atoms with E-state index in [-0.39, 0.29) is 11.6 Å². The minimum atomic E-state index is -0.196. The molecule has 0 spiro atoms. The van der Waals surface area contributed by atoms with Gasteiger partial charge in [0.15, 0.2) is 6.20 Å². The molecule has 0 radical (unpaired) electrons. The maximum absolute atomic E-state index is 12.4. The summed E-state index contributed by atoms with van der Waals surface area (Å²) in [6.45, 7) is 2.81. The predicted molar refractivity (Wildman–Crippen MR) is 80.0 cm³/mol. The summed E-state index contributed by atoms with van der Waals surface area (Å²) in [7, 11) is 0. The van der Waals surface area contributed by atoms with Crippen LogP contribution in [0.5, 0.6) is 0 Å². The van der Waals surface area contributed by atoms with Gasteiger partial charge in [0.25, 0.3) is 5.69 Å². The highest BCUT2D eigenvalue weighted by molar-refractivity contribution is 5.91. The summed E-state index contributed by atoms with van der Waals surface area (Å²) in [6, 6.07) is 15.1. The molecule has 1 aliphatic heterocycles. The molecule has 2 aromatic rings. The Morgan fingerprint density at radius 2 is 1.62 bits per heavy atom. The van der Waals surface area contributed by atoms with E-state index in [9.17, 15) is 10.0 Å². The Kier molecular flexibility index (Phi) is 3.73. The third-order valence-electron chi connectivity index (χ3n) is 3.73. The Hall–Kier alpha value is -2.56. The van der Waals surface area contributed by atoms with Crippen LogP contribution in [0.2, 0.25) is 0 Å². The van der Waals surface area contributed by atoms with Gasteiger partial charge in [0.1, 0.15) is 0 Å². The minimum Gasteiger partial charge on any atom is -0.618 e. The van der Waals surface area contributed by atoms with Gasteiger partial charge in [-0.1, -0.05) is 18.2 Å². The Morgan fingerprint density at radius 3 is 2.29 bits per heavy atom. The van der Waals surface area contributed by atoms with Gasteiger partial charge in [-0.25, -0.2) is 0 Å². The molecule has 0 saturated carbocycles. The van der Waals surface area contributed by atoms with Gasteiger partial charge >= 0.3 is 5.91 Å². The standard InChI is InChI=1S/C16H17N3O2/c20-16(15-8-4-5-9-19(15)21)18-12-10-17(11-13-18)14-6-2-1-3-7-14/h1-9H,10-13H2. The maximum Gasteiger partial charge on any atom is 0.320 e. The molecule has 2 heterocycles. The molecule has 1 aromatic heterocycles. The van der Waals surface area contributed by atoms with Crippen LogP contribution in [0.15, 0.2) is 54.7 Å². The smallest absolute Gasteiger partial charge is 0.320 e. The molecule has 5 nitrogen and oxygen atoms in total. The first kappa shape index (κ1) is 13.4. The minimum absolute atomic E-state index is 0.186. The first-order valence-corrected chi connectivity index (χ1v) is 7.03. The highest BCUT2D eigenvalue weighted by Gasteiger charge is 2.26. The Balaban J connectivity index is 1.66. The van der Waals surface area contributed by atoms with Crippen molar-refractivity contribution in [1.82, 2.24) is 4.90 Å². The molecule has 1 aromatic carbocycles. The van der Waals surface area contributed by atoms with Crippen molar-refractivity contribution in [2.75, 3.05) is 31.1 Å². The number of piperazine rings is 1. The van der Waals surface area contributed by atoms with E-state index in [1.807, 2.05) is 18.2 Å². The molecule has 5 heteroatoms. The second-order valence-corrected chi connectivity index (χ2v) is 5.03. The topological polar surface area (TPSA) is 50.5 Å². The van der Waals surface area contributed by atoms with Gasteiger partial charge in [-0.15, -0.1) is 0 Å². The van der Waals surface area contributed by atoms with Crippen molar-refractivity contribution in [3.05, 3.63) is 65.6 Å². The number of benzene rings is 1. The lowest BCUT2D eigenvalue weighted by Crippen LogP contribution is -2.51. The zero-order valence-electron chi connectivity index (χ0n) is 11.7. The molecule has 0 unspecified atom stereocenters. The molecule has 1 aliphatic rings. The van der Waals surface area contributed by atoms with Crippen molar-refractivity contribution in [3.8, 4) is 0 Å². The Bertz CT molecular complexity index is 622. The number of para-hydroxylation sites is 1. The summed E-state index contributed by atoms with van der Waals surface area (Å²) in [6.07, 6.45) is 1.35. The third-order valence-corrected chi connectivity index (χ3v) is 3.73. The SMILES string of the molecule is O=C(c1cccc[n+]1[O-])N1CCN(c2ccccc2)CC1. The molecule has 1 saturated heterocycles. The lowest BCUT2D eigenvalue weighted by atomic mass is 10.2. The number of carbonyl (C=O) groups is 1. The van der Waals surface area contributed by atoms with Crippen LogP contribution in [0, 0.1) is 5.21 Å². The van der Waals surface area contributed by atoms with Gasteiger partial charge in [0, 0.05) is 44.0 Å². The van der Waals surface area contributed by atoms with Crippen LogP contribution >= 0.6 is 0 Å². The Labute approximate surface area is 123 Å². The van der Waals surface area contributed by atoms with E-state index in [4.69, 9.17) is 0 Å². The average Bonchev–Trinajstić information content (AvgIpc) is 2.56. The predicted octanol–water partition coefficient (Wildman–Crippen LogP) is 1.28. The zero-order valence-corrected chi connectivity index (χ0v) is 11.7. The summed E-state index contributed by atoms with van der Waals surface area (Å²) < 4.78 is 0.631. The number of anilines is 1. The number of hydrogen-bond acceptors (Lipinski definition) is 3. The molecular weight excluding hydrogens is 266 g/mol. The number of rotatable bonds is 2. The molecule has 1 amide bonds. The molecule has 0 bridgehead atoms. The highest BCUT2D eigenvalue weighted by atomic mass is 16.5. The molecule has 3 rings (SSSR count). The summed E-state index contributed by atoms with van der Waals surface area (Å²) in [5.74, 6) is -0.196. The fourth-order valence-electron chi connectivity index (χ4n) is 2.56. The van der Waals surface area contributed by atoms with Crippen LogP contribution < -0.4 is 9.63 Å². The molecule has 21 heavy (non-hydrogen) atoms. The number of aromatic nitrogens is 1. The average molecular weight is 283 g/mol. The summed E-state index contributed by atoms with van der Waals surface area (Å²) in [5, 5.41) is 11.6. The van der Waals surface area contributed by atoms with Gasteiger partial charge in [-0.2, -0.15) is 4.73 Å². The number of nitrogens with zero attached hydrogens (tertiary/aromatic N) is 3. The first-order chi connectivity index (χ1) is 10.3. The van der Waals surface area contributed by atoms with Gasteiger partial charge in [-0.3, -0.25) is 4.79 Å². The van der Waals surface area contributed by atoms with E-state index < -0.39 is 0 Å². The molecule has 0 atom stereocenters. The lowest BCUT2D eigenvalue weighted by molar-refractivity contribution is -0.608. The van der Waals surface area contributed by atoms with Crippen molar-refractivity contribution < 1.29 is 9.52 Å². The van der Waals surface area contributed by atoms with Crippen molar-refractivity contribution in [2.45, 2.75) is 0 Å². The van der Waals surface area contributed by atoms with Gasteiger partial charge in [-0.05, 0) is 18.2 Å². The summed E-state index contributed by atoms with van der Waals surface area (Å²) in [4.78, 5) is 16.3. The van der Waals surface area contributed by atoms with Crippen LogP contribution in [0.25, 0.3) is 0 Å². The van der Waals surface area contributed by atoms with Crippen molar-refractivity contribution in [1.29, 1.82) is 0 Å². The van der Waals surface area contributed by atoms with Crippen molar-refractivity contribution in [2.24, 2.45) is 0 Å². The number of hydrogen-bond donors (Lipinski definition) is 0. The zero-order chi connectivity index (χ0) is 14.7. The molecule has 0 N–H and O–H groups in total. The lowest BCUT2D eigenvalue weighted by Gasteiger charge is -2.35. The number of pyridine rings is 1. The van der Waals surface area contributed by atoms with E-state index in [2.05, 4.69) is 17.0 Å². The van der Waals surface area contributed by atoms with Crippen LogP contribution in [0.4, 0.5) is 5.69 Å². The maximum atomic E-state index is 12.4. The first-order valence-electron chi connectivity index (χ1n) is 7.03. The van der Waals surface area contributed by atoms with Crippen LogP contribution in [0.3, 0.4) is 0 Å². The highest BCUT2D eigenvalue weighted by Crippen LogP contribution is 2.16. The fourth-order valence-corrected chi connectivity index (χ4v) is 2.56. The summed E-state index contributed by atoms with van der Waals surface area (Å²) >= 11 is 0. The second-order valence-electron chi connectivity index (χ2n) is 5.03.